The molecule has 0 spiro atoms. The Hall–Kier alpha value is -0.910. The van der Waals surface area contributed by atoms with E-state index in [0.29, 0.717) is 18.0 Å². The first kappa shape index (κ1) is 15.5. The van der Waals surface area contributed by atoms with Gasteiger partial charge in [0.2, 0.25) is 10.0 Å². The van der Waals surface area contributed by atoms with Gasteiger partial charge in [0, 0.05) is 12.6 Å². The van der Waals surface area contributed by atoms with Crippen molar-refractivity contribution >= 4 is 10.0 Å². The summed E-state index contributed by atoms with van der Waals surface area (Å²) < 4.78 is 27.3. The topological polar surface area (TPSA) is 63.4 Å². The highest BCUT2D eigenvalue weighted by atomic mass is 32.2. The molecule has 0 aromatic heterocycles. The van der Waals surface area contributed by atoms with Gasteiger partial charge in [0.15, 0.2) is 0 Å². The zero-order chi connectivity index (χ0) is 14.8. The van der Waals surface area contributed by atoms with E-state index in [-0.39, 0.29) is 12.0 Å². The van der Waals surface area contributed by atoms with Gasteiger partial charge in [-0.15, -0.1) is 0 Å². The first-order chi connectivity index (χ1) is 9.50. The van der Waals surface area contributed by atoms with Crippen LogP contribution in [0.5, 0.6) is 0 Å². The normalized spacial score (nSPS) is 23.4. The van der Waals surface area contributed by atoms with Crippen molar-refractivity contribution in [1.29, 1.82) is 0 Å². The Bertz CT molecular complexity index is 539. The Morgan fingerprint density at radius 2 is 1.90 bits per heavy atom. The standard InChI is InChI=1S/C15H24N2O2S/c1-3-17(15-6-4-5-13(15)11-16)20(18,19)14-9-7-12(2)8-10-14/h7-10,13,15H,3-6,11,16H2,1-2H3. The molecule has 1 aliphatic carbocycles. The van der Waals surface area contributed by atoms with E-state index in [0.717, 1.165) is 24.8 Å². The molecule has 0 radical (unpaired) electrons. The number of nitrogens with zero attached hydrogens (tertiary/aromatic N) is 1. The van der Waals surface area contributed by atoms with Crippen LogP contribution in [-0.4, -0.2) is 31.9 Å². The van der Waals surface area contributed by atoms with Crippen LogP contribution < -0.4 is 5.73 Å². The molecule has 4 nitrogen and oxygen atoms in total. The second kappa shape index (κ2) is 6.24. The maximum atomic E-state index is 12.8. The summed E-state index contributed by atoms with van der Waals surface area (Å²) in [6.45, 7) is 4.91. The van der Waals surface area contributed by atoms with Crippen LogP contribution in [0.1, 0.15) is 31.7 Å². The lowest BCUT2D eigenvalue weighted by molar-refractivity contribution is 0.276. The van der Waals surface area contributed by atoms with Crippen molar-refractivity contribution in [2.75, 3.05) is 13.1 Å². The molecule has 1 aromatic rings. The number of aryl methyl sites for hydroxylation is 1. The van der Waals surface area contributed by atoms with Gasteiger partial charge in [0.25, 0.3) is 0 Å². The molecular formula is C15H24N2O2S. The van der Waals surface area contributed by atoms with Crippen molar-refractivity contribution in [2.45, 2.75) is 44.0 Å². The Labute approximate surface area is 122 Å². The van der Waals surface area contributed by atoms with Crippen molar-refractivity contribution < 1.29 is 8.42 Å². The molecule has 112 valence electrons. The SMILES string of the molecule is CCN(C1CCCC1CN)S(=O)(=O)c1ccc(C)cc1. The van der Waals surface area contributed by atoms with E-state index in [4.69, 9.17) is 5.73 Å². The molecule has 2 N–H and O–H groups in total. The highest BCUT2D eigenvalue weighted by Gasteiger charge is 2.37. The maximum Gasteiger partial charge on any atom is 0.243 e. The molecule has 2 rings (SSSR count). The van der Waals surface area contributed by atoms with Gasteiger partial charge < -0.3 is 5.73 Å². The monoisotopic (exact) mass is 296 g/mol. The Kier molecular flexibility index (Phi) is 4.83. The number of hydrogen-bond acceptors (Lipinski definition) is 3. The lowest BCUT2D eigenvalue weighted by Crippen LogP contribution is -2.43. The maximum absolute atomic E-state index is 12.8. The fraction of sp³-hybridized carbons (Fsp3) is 0.600. The lowest BCUT2D eigenvalue weighted by atomic mass is 10.0. The molecule has 5 heteroatoms. The molecule has 2 atom stereocenters. The van der Waals surface area contributed by atoms with Gasteiger partial charge in [-0.25, -0.2) is 8.42 Å². The van der Waals surface area contributed by atoms with Crippen LogP contribution in [0.25, 0.3) is 0 Å². The molecule has 0 bridgehead atoms. The van der Waals surface area contributed by atoms with Gasteiger partial charge in [-0.05, 0) is 44.4 Å². The predicted molar refractivity (Wildman–Crippen MR) is 80.9 cm³/mol. The number of hydrogen-bond donors (Lipinski definition) is 1. The van der Waals surface area contributed by atoms with Crippen LogP contribution in [0.4, 0.5) is 0 Å². The highest BCUT2D eigenvalue weighted by Crippen LogP contribution is 2.32. The fourth-order valence-corrected chi connectivity index (χ4v) is 4.82. The zero-order valence-corrected chi connectivity index (χ0v) is 13.1. The van der Waals surface area contributed by atoms with E-state index < -0.39 is 10.0 Å². The molecule has 20 heavy (non-hydrogen) atoms. The van der Waals surface area contributed by atoms with Crippen LogP contribution in [0.15, 0.2) is 29.2 Å². The fourth-order valence-electron chi connectivity index (χ4n) is 3.10. The number of benzene rings is 1. The van der Waals surface area contributed by atoms with Crippen molar-refractivity contribution in [3.63, 3.8) is 0 Å². The number of nitrogens with two attached hydrogens (primary N) is 1. The Morgan fingerprint density at radius 1 is 1.25 bits per heavy atom. The first-order valence-electron chi connectivity index (χ1n) is 7.29. The second-order valence-electron chi connectivity index (χ2n) is 5.52. The minimum absolute atomic E-state index is 0.0521. The highest BCUT2D eigenvalue weighted by molar-refractivity contribution is 7.89. The molecule has 1 fully saturated rings. The van der Waals surface area contributed by atoms with Gasteiger partial charge in [0.05, 0.1) is 4.90 Å². The van der Waals surface area contributed by atoms with Gasteiger partial charge in [0.1, 0.15) is 0 Å². The van der Waals surface area contributed by atoms with Crippen LogP contribution >= 0.6 is 0 Å². The molecule has 0 saturated heterocycles. The van der Waals surface area contributed by atoms with Gasteiger partial charge in [-0.3, -0.25) is 0 Å². The van der Waals surface area contributed by atoms with Crippen LogP contribution in [0.3, 0.4) is 0 Å². The Morgan fingerprint density at radius 3 is 2.45 bits per heavy atom. The van der Waals surface area contributed by atoms with Crippen molar-refractivity contribution in [3.8, 4) is 0 Å². The van der Waals surface area contributed by atoms with Crippen molar-refractivity contribution in [1.82, 2.24) is 4.31 Å². The smallest absolute Gasteiger partial charge is 0.243 e. The summed E-state index contributed by atoms with van der Waals surface area (Å²) in [6, 6.07) is 7.13. The molecule has 0 heterocycles. The summed E-state index contributed by atoms with van der Waals surface area (Å²) >= 11 is 0. The van der Waals surface area contributed by atoms with E-state index >= 15 is 0 Å². The average Bonchev–Trinajstić information content (AvgIpc) is 2.88. The first-order valence-corrected chi connectivity index (χ1v) is 8.73. The minimum atomic E-state index is -3.42. The van der Waals surface area contributed by atoms with E-state index in [1.54, 1.807) is 16.4 Å². The van der Waals surface area contributed by atoms with Gasteiger partial charge in [-0.1, -0.05) is 31.0 Å². The number of sulfonamides is 1. The number of rotatable bonds is 5. The summed E-state index contributed by atoms with van der Waals surface area (Å²) in [5.41, 5.74) is 6.86. The van der Waals surface area contributed by atoms with E-state index in [9.17, 15) is 8.42 Å². The molecule has 1 aliphatic rings. The average molecular weight is 296 g/mol. The molecule has 1 saturated carbocycles. The zero-order valence-electron chi connectivity index (χ0n) is 12.2. The summed E-state index contributed by atoms with van der Waals surface area (Å²) in [6.07, 6.45) is 3.01. The lowest BCUT2D eigenvalue weighted by Gasteiger charge is -2.30. The molecule has 1 aromatic carbocycles. The third kappa shape index (κ3) is 2.90. The molecule has 0 amide bonds. The summed E-state index contributed by atoms with van der Waals surface area (Å²) in [5, 5.41) is 0. The van der Waals surface area contributed by atoms with E-state index in [1.165, 1.54) is 0 Å². The summed E-state index contributed by atoms with van der Waals surface area (Å²) in [7, 11) is -3.42. The predicted octanol–water partition coefficient (Wildman–Crippen LogP) is 2.13. The van der Waals surface area contributed by atoms with Gasteiger partial charge in [-0.2, -0.15) is 4.31 Å². The molecule has 0 aliphatic heterocycles. The van der Waals surface area contributed by atoms with Gasteiger partial charge >= 0.3 is 0 Å². The largest absolute Gasteiger partial charge is 0.330 e. The van der Waals surface area contributed by atoms with E-state index in [2.05, 4.69) is 0 Å². The van der Waals surface area contributed by atoms with Crippen molar-refractivity contribution in [2.24, 2.45) is 11.7 Å². The third-order valence-electron chi connectivity index (χ3n) is 4.23. The van der Waals surface area contributed by atoms with Crippen LogP contribution in [-0.2, 0) is 10.0 Å². The summed E-state index contributed by atoms with van der Waals surface area (Å²) in [4.78, 5) is 0.382. The van der Waals surface area contributed by atoms with E-state index in [1.807, 2.05) is 26.0 Å². The second-order valence-corrected chi connectivity index (χ2v) is 7.41. The minimum Gasteiger partial charge on any atom is -0.330 e. The quantitative estimate of drug-likeness (QED) is 0.905. The summed E-state index contributed by atoms with van der Waals surface area (Å²) in [5.74, 6) is 0.287. The third-order valence-corrected chi connectivity index (χ3v) is 6.25. The van der Waals surface area contributed by atoms with Crippen LogP contribution in [0.2, 0.25) is 0 Å². The van der Waals surface area contributed by atoms with Crippen LogP contribution in [0, 0.1) is 12.8 Å². The Balaban J connectivity index is 2.32. The van der Waals surface area contributed by atoms with Crippen molar-refractivity contribution in [3.05, 3.63) is 29.8 Å². The molecular weight excluding hydrogens is 272 g/mol. The molecule has 2 unspecified atom stereocenters.